The number of aromatic nitrogens is 1. The Kier molecular flexibility index (Phi) is 5.86. The molecule has 1 saturated heterocycles. The van der Waals surface area contributed by atoms with E-state index in [2.05, 4.69) is 10.3 Å². The third-order valence-electron chi connectivity index (χ3n) is 4.75. The van der Waals surface area contributed by atoms with Crippen LogP contribution in [0, 0.1) is 5.92 Å². The van der Waals surface area contributed by atoms with Gasteiger partial charge in [0.15, 0.2) is 5.13 Å². The second kappa shape index (κ2) is 8.39. The fourth-order valence-electron chi connectivity index (χ4n) is 3.33. The number of nitrogens with zero attached hydrogens (tertiary/aromatic N) is 2. The molecule has 0 aliphatic carbocycles. The van der Waals surface area contributed by atoms with E-state index in [0.29, 0.717) is 35.3 Å². The summed E-state index contributed by atoms with van der Waals surface area (Å²) in [6.07, 6.45) is 1.31. The van der Waals surface area contributed by atoms with Crippen LogP contribution in [0.4, 0.5) is 5.13 Å². The Morgan fingerprint density at radius 3 is 3.00 bits per heavy atom. The molecule has 0 bridgehead atoms. The Balaban J connectivity index is 1.46. The molecule has 0 saturated carbocycles. The van der Waals surface area contributed by atoms with Gasteiger partial charge in [0.25, 0.3) is 10.0 Å². The number of anilines is 1. The first-order valence-electron chi connectivity index (χ1n) is 9.35. The molecule has 1 fully saturated rings. The summed E-state index contributed by atoms with van der Waals surface area (Å²) in [5.41, 5.74) is 0.791. The summed E-state index contributed by atoms with van der Waals surface area (Å²) in [5, 5.41) is 5.12. The minimum Gasteiger partial charge on any atom is -0.494 e. The molecule has 1 aromatic carbocycles. The first-order valence-corrected chi connectivity index (χ1v) is 12.5. The first-order chi connectivity index (χ1) is 14.0. The van der Waals surface area contributed by atoms with Gasteiger partial charge in [-0.05, 0) is 49.4 Å². The predicted octanol–water partition coefficient (Wildman–Crippen LogP) is 3.80. The van der Waals surface area contributed by atoms with Crippen molar-refractivity contribution in [3.63, 3.8) is 0 Å². The van der Waals surface area contributed by atoms with Gasteiger partial charge in [-0.3, -0.25) is 4.79 Å². The van der Waals surface area contributed by atoms with Gasteiger partial charge >= 0.3 is 0 Å². The predicted molar refractivity (Wildman–Crippen MR) is 115 cm³/mol. The number of hydrogen-bond acceptors (Lipinski definition) is 7. The molecule has 1 atom stereocenters. The molecule has 1 aliphatic heterocycles. The molecule has 0 spiro atoms. The third kappa shape index (κ3) is 4.30. The normalized spacial score (nSPS) is 18.0. The minimum absolute atomic E-state index is 0.186. The van der Waals surface area contributed by atoms with E-state index < -0.39 is 15.9 Å². The van der Waals surface area contributed by atoms with Crippen LogP contribution in [-0.4, -0.2) is 43.3 Å². The average molecular weight is 452 g/mol. The minimum atomic E-state index is -3.54. The Labute approximate surface area is 177 Å². The van der Waals surface area contributed by atoms with Gasteiger partial charge in [0.05, 0.1) is 22.7 Å². The van der Waals surface area contributed by atoms with Gasteiger partial charge in [0.1, 0.15) is 9.96 Å². The first kappa shape index (κ1) is 20.3. The highest BCUT2D eigenvalue weighted by Crippen LogP contribution is 2.31. The maximum absolute atomic E-state index is 12.8. The van der Waals surface area contributed by atoms with Gasteiger partial charge < -0.3 is 10.1 Å². The zero-order valence-electron chi connectivity index (χ0n) is 15.8. The van der Waals surface area contributed by atoms with E-state index in [9.17, 15) is 13.2 Å². The van der Waals surface area contributed by atoms with Gasteiger partial charge in [-0.15, -0.1) is 11.3 Å². The second-order valence-corrected chi connectivity index (χ2v) is 10.8. The lowest BCUT2D eigenvalue weighted by Gasteiger charge is -2.30. The monoisotopic (exact) mass is 451 g/mol. The number of piperidine rings is 1. The molecule has 1 N–H and O–H groups in total. The lowest BCUT2D eigenvalue weighted by Crippen LogP contribution is -2.43. The van der Waals surface area contributed by atoms with Crippen molar-refractivity contribution < 1.29 is 17.9 Å². The van der Waals surface area contributed by atoms with Crippen molar-refractivity contribution >= 4 is 54.0 Å². The molecular formula is C19H21N3O4S3. The number of rotatable bonds is 6. The van der Waals surface area contributed by atoms with E-state index in [1.165, 1.54) is 27.0 Å². The van der Waals surface area contributed by atoms with Crippen molar-refractivity contribution in [3.8, 4) is 5.75 Å². The van der Waals surface area contributed by atoms with Crippen molar-refractivity contribution in [2.45, 2.75) is 24.0 Å². The quantitative estimate of drug-likeness (QED) is 0.616. The molecule has 1 aliphatic rings. The van der Waals surface area contributed by atoms with Crippen LogP contribution >= 0.6 is 22.7 Å². The summed E-state index contributed by atoms with van der Waals surface area (Å²) in [7, 11) is -3.54. The van der Waals surface area contributed by atoms with Crippen molar-refractivity contribution in [3.05, 3.63) is 35.7 Å². The lowest BCUT2D eigenvalue weighted by atomic mass is 9.99. The van der Waals surface area contributed by atoms with Gasteiger partial charge in [-0.25, -0.2) is 13.4 Å². The molecule has 3 heterocycles. The van der Waals surface area contributed by atoms with Crippen LogP contribution in [0.25, 0.3) is 10.2 Å². The molecule has 2 aromatic heterocycles. The summed E-state index contributed by atoms with van der Waals surface area (Å²) in [5.74, 6) is 0.174. The molecule has 0 radical (unpaired) electrons. The van der Waals surface area contributed by atoms with Crippen molar-refractivity contribution in [2.24, 2.45) is 5.92 Å². The van der Waals surface area contributed by atoms with Gasteiger partial charge in [0, 0.05) is 13.1 Å². The number of amides is 1. The number of nitrogens with one attached hydrogen (secondary N) is 1. The number of thiazole rings is 1. The molecule has 1 amide bonds. The number of carbonyl (C=O) groups is 1. The van der Waals surface area contributed by atoms with E-state index in [4.69, 9.17) is 4.74 Å². The zero-order valence-corrected chi connectivity index (χ0v) is 18.3. The van der Waals surface area contributed by atoms with Gasteiger partial charge in [0.2, 0.25) is 5.91 Å². The fourth-order valence-corrected chi connectivity index (χ4v) is 6.90. The van der Waals surface area contributed by atoms with Gasteiger partial charge in [-0.1, -0.05) is 17.4 Å². The van der Waals surface area contributed by atoms with E-state index >= 15 is 0 Å². The summed E-state index contributed by atoms with van der Waals surface area (Å²) in [6.45, 7) is 3.13. The van der Waals surface area contributed by atoms with E-state index in [-0.39, 0.29) is 12.5 Å². The van der Waals surface area contributed by atoms with Crippen molar-refractivity contribution in [1.82, 2.24) is 9.29 Å². The number of fused-ring (bicyclic) bond motifs is 1. The smallest absolute Gasteiger partial charge is 0.252 e. The lowest BCUT2D eigenvalue weighted by molar-refractivity contribution is -0.120. The fraction of sp³-hybridized carbons (Fsp3) is 0.368. The van der Waals surface area contributed by atoms with Crippen LogP contribution in [0.2, 0.25) is 0 Å². The second-order valence-electron chi connectivity index (χ2n) is 6.71. The summed E-state index contributed by atoms with van der Waals surface area (Å²) < 4.78 is 33.7. The molecule has 154 valence electrons. The van der Waals surface area contributed by atoms with E-state index in [1.807, 2.05) is 25.1 Å². The van der Waals surface area contributed by atoms with E-state index in [0.717, 1.165) is 16.0 Å². The number of hydrogen-bond donors (Lipinski definition) is 1. The Hall–Kier alpha value is -2.01. The van der Waals surface area contributed by atoms with E-state index in [1.54, 1.807) is 17.5 Å². The topological polar surface area (TPSA) is 88.6 Å². The highest BCUT2D eigenvalue weighted by atomic mass is 32.2. The number of ether oxygens (including phenoxy) is 1. The zero-order chi connectivity index (χ0) is 20.4. The molecular weight excluding hydrogens is 430 g/mol. The Bertz CT molecular complexity index is 1110. The number of sulfonamides is 1. The number of thiophene rings is 1. The van der Waals surface area contributed by atoms with Crippen LogP contribution in [0.15, 0.2) is 39.9 Å². The summed E-state index contributed by atoms with van der Waals surface area (Å²) >= 11 is 2.57. The maximum Gasteiger partial charge on any atom is 0.252 e. The van der Waals surface area contributed by atoms with Crippen LogP contribution in [0.5, 0.6) is 5.75 Å². The highest BCUT2D eigenvalue weighted by molar-refractivity contribution is 7.91. The Morgan fingerprint density at radius 2 is 2.24 bits per heavy atom. The highest BCUT2D eigenvalue weighted by Gasteiger charge is 2.34. The summed E-state index contributed by atoms with van der Waals surface area (Å²) in [6, 6.07) is 8.94. The summed E-state index contributed by atoms with van der Waals surface area (Å²) in [4.78, 5) is 17.2. The third-order valence-corrected chi connectivity index (χ3v) is 8.92. The maximum atomic E-state index is 12.8. The number of carbonyl (C=O) groups excluding carboxylic acids is 1. The average Bonchev–Trinajstić information content (AvgIpc) is 3.38. The molecule has 7 nitrogen and oxygen atoms in total. The van der Waals surface area contributed by atoms with Crippen LogP contribution in [0.1, 0.15) is 19.8 Å². The van der Waals surface area contributed by atoms with Crippen LogP contribution < -0.4 is 10.1 Å². The molecule has 29 heavy (non-hydrogen) atoms. The van der Waals surface area contributed by atoms with Crippen LogP contribution in [0.3, 0.4) is 0 Å². The van der Waals surface area contributed by atoms with Crippen LogP contribution in [-0.2, 0) is 14.8 Å². The molecule has 10 heteroatoms. The molecule has 3 aromatic rings. The number of benzene rings is 1. The van der Waals surface area contributed by atoms with Crippen molar-refractivity contribution in [2.75, 3.05) is 25.0 Å². The SMILES string of the molecule is CCOc1ccc2nc(NC(=O)[C@@H]3CCCN(S(=O)(=O)c4cccs4)C3)sc2c1. The largest absolute Gasteiger partial charge is 0.494 e. The standard InChI is InChI=1S/C19H21N3O4S3/c1-2-26-14-7-8-15-16(11-14)28-19(20-15)21-18(23)13-5-3-9-22(12-13)29(24,25)17-6-4-10-27-17/h4,6-8,10-11,13H,2-3,5,9,12H2,1H3,(H,20,21,23)/t13-/m1/s1. The van der Waals surface area contributed by atoms with Gasteiger partial charge in [-0.2, -0.15) is 4.31 Å². The van der Waals surface area contributed by atoms with Crippen molar-refractivity contribution in [1.29, 1.82) is 0 Å². The Morgan fingerprint density at radius 1 is 1.38 bits per heavy atom. The molecule has 0 unspecified atom stereocenters. The molecule has 4 rings (SSSR count).